The Morgan fingerprint density at radius 2 is 2.10 bits per heavy atom. The van der Waals surface area contributed by atoms with Crippen LogP contribution in [0.5, 0.6) is 5.75 Å². The third-order valence-electron chi connectivity index (χ3n) is 3.30. The van der Waals surface area contributed by atoms with Gasteiger partial charge < -0.3 is 10.1 Å². The van der Waals surface area contributed by atoms with Crippen molar-refractivity contribution in [2.45, 2.75) is 19.9 Å². The second kappa shape index (κ2) is 6.73. The molecule has 0 aliphatic rings. The zero-order valence-corrected chi connectivity index (χ0v) is 12.7. The molecule has 20 heavy (non-hydrogen) atoms. The Hall–Kier alpha value is -1.58. The van der Waals surface area contributed by atoms with E-state index in [9.17, 15) is 0 Å². The molecule has 1 aromatic heterocycles. The minimum absolute atomic E-state index is 0.0161. The van der Waals surface area contributed by atoms with Crippen LogP contribution in [0.1, 0.15) is 29.7 Å². The maximum absolute atomic E-state index is 6.15. The molecular formula is C16H19ClN2O. The third-order valence-corrected chi connectivity index (χ3v) is 3.54. The van der Waals surface area contributed by atoms with Crippen LogP contribution >= 0.6 is 11.6 Å². The summed E-state index contributed by atoms with van der Waals surface area (Å²) in [5.74, 6) is 0.823. The Morgan fingerprint density at radius 3 is 2.75 bits per heavy atom. The molecule has 2 rings (SSSR count). The molecule has 1 N–H and O–H groups in total. The number of halogens is 1. The molecular weight excluding hydrogens is 272 g/mol. The van der Waals surface area contributed by atoms with Crippen molar-refractivity contribution in [3.63, 3.8) is 0 Å². The molecule has 2 aromatic rings. The summed E-state index contributed by atoms with van der Waals surface area (Å²) in [5, 5.41) is 4.18. The lowest BCUT2D eigenvalue weighted by Crippen LogP contribution is -2.23. The molecule has 0 aliphatic heterocycles. The van der Waals surface area contributed by atoms with Gasteiger partial charge in [0.15, 0.2) is 0 Å². The molecule has 1 aromatic carbocycles. The van der Waals surface area contributed by atoms with Gasteiger partial charge in [0.1, 0.15) is 5.75 Å². The molecule has 0 bridgehead atoms. The number of nitrogens with one attached hydrogen (secondary N) is 1. The van der Waals surface area contributed by atoms with Crippen LogP contribution in [0.2, 0.25) is 5.02 Å². The lowest BCUT2D eigenvalue weighted by molar-refractivity contribution is 0.404. The predicted molar refractivity (Wildman–Crippen MR) is 82.5 cm³/mol. The summed E-state index contributed by atoms with van der Waals surface area (Å²) in [4.78, 5) is 4.24. The number of ether oxygens (including phenoxy) is 1. The van der Waals surface area contributed by atoms with Gasteiger partial charge in [-0.15, -0.1) is 0 Å². The number of rotatable bonds is 5. The monoisotopic (exact) mass is 290 g/mol. The van der Waals surface area contributed by atoms with Crippen LogP contribution in [-0.4, -0.2) is 18.6 Å². The number of hydrogen-bond donors (Lipinski definition) is 1. The summed E-state index contributed by atoms with van der Waals surface area (Å²) < 4.78 is 5.47. The topological polar surface area (TPSA) is 34.2 Å². The first-order valence-corrected chi connectivity index (χ1v) is 7.02. The van der Waals surface area contributed by atoms with Crippen LogP contribution in [-0.2, 0) is 0 Å². The van der Waals surface area contributed by atoms with Crippen molar-refractivity contribution in [1.29, 1.82) is 0 Å². The zero-order valence-electron chi connectivity index (χ0n) is 12.0. The van der Waals surface area contributed by atoms with Crippen LogP contribution in [0.15, 0.2) is 36.7 Å². The second-order valence-electron chi connectivity index (χ2n) is 4.61. The van der Waals surface area contributed by atoms with Gasteiger partial charge in [0.05, 0.1) is 13.2 Å². The van der Waals surface area contributed by atoms with Crippen molar-refractivity contribution in [3.05, 3.63) is 58.4 Å². The van der Waals surface area contributed by atoms with Gasteiger partial charge in [-0.2, -0.15) is 0 Å². The first-order valence-electron chi connectivity index (χ1n) is 6.64. The van der Waals surface area contributed by atoms with Gasteiger partial charge in [-0.05, 0) is 48.9 Å². The number of methoxy groups -OCH3 is 1. The Bertz CT molecular complexity index is 586. The van der Waals surface area contributed by atoms with Gasteiger partial charge in [0.2, 0.25) is 0 Å². The number of aromatic nitrogens is 1. The average molecular weight is 291 g/mol. The van der Waals surface area contributed by atoms with Crippen molar-refractivity contribution in [2.24, 2.45) is 0 Å². The lowest BCUT2D eigenvalue weighted by Gasteiger charge is -2.22. The smallest absolute Gasteiger partial charge is 0.124 e. The fourth-order valence-corrected chi connectivity index (χ4v) is 2.48. The molecule has 0 fully saturated rings. The zero-order chi connectivity index (χ0) is 14.5. The largest absolute Gasteiger partial charge is 0.496 e. The Balaban J connectivity index is 2.54. The van der Waals surface area contributed by atoms with Gasteiger partial charge in [-0.1, -0.05) is 18.5 Å². The van der Waals surface area contributed by atoms with Crippen molar-refractivity contribution in [3.8, 4) is 5.75 Å². The molecule has 1 unspecified atom stereocenters. The fraction of sp³-hybridized carbons (Fsp3) is 0.312. The van der Waals surface area contributed by atoms with Crippen molar-refractivity contribution < 1.29 is 4.74 Å². The van der Waals surface area contributed by atoms with E-state index in [2.05, 4.69) is 24.1 Å². The number of nitrogens with zero attached hydrogens (tertiary/aromatic N) is 1. The molecule has 1 atom stereocenters. The minimum Gasteiger partial charge on any atom is -0.496 e. The van der Waals surface area contributed by atoms with E-state index in [1.807, 2.05) is 30.5 Å². The van der Waals surface area contributed by atoms with Crippen LogP contribution in [0.3, 0.4) is 0 Å². The molecule has 0 amide bonds. The van der Waals surface area contributed by atoms with E-state index >= 15 is 0 Å². The molecule has 0 saturated heterocycles. The molecule has 4 heteroatoms. The third kappa shape index (κ3) is 3.11. The van der Waals surface area contributed by atoms with E-state index in [0.29, 0.717) is 5.02 Å². The highest BCUT2D eigenvalue weighted by molar-refractivity contribution is 6.30. The Morgan fingerprint density at radius 1 is 1.30 bits per heavy atom. The van der Waals surface area contributed by atoms with Crippen LogP contribution in [0, 0.1) is 6.92 Å². The summed E-state index contributed by atoms with van der Waals surface area (Å²) >= 11 is 6.15. The van der Waals surface area contributed by atoms with E-state index < -0.39 is 0 Å². The molecule has 0 spiro atoms. The maximum atomic E-state index is 6.15. The van der Waals surface area contributed by atoms with Gasteiger partial charge in [0, 0.05) is 23.0 Å². The summed E-state index contributed by atoms with van der Waals surface area (Å²) in [6.07, 6.45) is 3.69. The first-order chi connectivity index (χ1) is 9.67. The summed E-state index contributed by atoms with van der Waals surface area (Å²) in [6.45, 7) is 5.00. The maximum Gasteiger partial charge on any atom is 0.124 e. The Kier molecular flexibility index (Phi) is 4.99. The van der Waals surface area contributed by atoms with Crippen molar-refractivity contribution in [1.82, 2.24) is 10.3 Å². The molecule has 106 valence electrons. The second-order valence-corrected chi connectivity index (χ2v) is 5.05. The summed E-state index contributed by atoms with van der Waals surface area (Å²) in [6, 6.07) is 7.70. The average Bonchev–Trinajstić information content (AvgIpc) is 2.46. The highest BCUT2D eigenvalue weighted by atomic mass is 35.5. The van der Waals surface area contributed by atoms with E-state index in [1.165, 1.54) is 5.56 Å². The number of pyridine rings is 1. The van der Waals surface area contributed by atoms with Crippen molar-refractivity contribution in [2.75, 3.05) is 13.7 Å². The molecule has 0 aliphatic carbocycles. The summed E-state index contributed by atoms with van der Waals surface area (Å²) in [5.41, 5.74) is 3.35. The highest BCUT2D eigenvalue weighted by Gasteiger charge is 2.19. The predicted octanol–water partition coefficient (Wildman–Crippen LogP) is 3.75. The lowest BCUT2D eigenvalue weighted by atomic mass is 9.96. The highest BCUT2D eigenvalue weighted by Crippen LogP contribution is 2.33. The van der Waals surface area contributed by atoms with Crippen molar-refractivity contribution >= 4 is 11.6 Å². The van der Waals surface area contributed by atoms with Gasteiger partial charge in [-0.3, -0.25) is 4.98 Å². The Labute approximate surface area is 124 Å². The van der Waals surface area contributed by atoms with E-state index in [4.69, 9.17) is 16.3 Å². The van der Waals surface area contributed by atoms with E-state index in [0.717, 1.165) is 23.4 Å². The van der Waals surface area contributed by atoms with E-state index in [1.54, 1.807) is 13.3 Å². The normalized spacial score (nSPS) is 12.2. The standard InChI is InChI=1S/C16H19ClN2O/c1-4-19-16(14-10-18-8-7-11(14)2)13-9-12(17)5-6-15(13)20-3/h5-10,16,19H,4H2,1-3H3. The SMILES string of the molecule is CCNC(c1cnccc1C)c1cc(Cl)ccc1OC. The van der Waals surface area contributed by atoms with Gasteiger partial charge >= 0.3 is 0 Å². The van der Waals surface area contributed by atoms with Crippen LogP contribution < -0.4 is 10.1 Å². The summed E-state index contributed by atoms with van der Waals surface area (Å²) in [7, 11) is 1.67. The van der Waals surface area contributed by atoms with Crippen LogP contribution in [0.25, 0.3) is 0 Å². The minimum atomic E-state index is 0.0161. The van der Waals surface area contributed by atoms with E-state index in [-0.39, 0.29) is 6.04 Å². The number of benzene rings is 1. The first kappa shape index (κ1) is 14.8. The van der Waals surface area contributed by atoms with Gasteiger partial charge in [-0.25, -0.2) is 0 Å². The van der Waals surface area contributed by atoms with Crippen LogP contribution in [0.4, 0.5) is 0 Å². The quantitative estimate of drug-likeness (QED) is 0.910. The molecule has 1 heterocycles. The fourth-order valence-electron chi connectivity index (χ4n) is 2.30. The molecule has 0 radical (unpaired) electrons. The molecule has 3 nitrogen and oxygen atoms in total. The number of aryl methyl sites for hydroxylation is 1. The number of hydrogen-bond acceptors (Lipinski definition) is 3. The molecule has 0 saturated carbocycles. The van der Waals surface area contributed by atoms with Gasteiger partial charge in [0.25, 0.3) is 0 Å².